The molecule has 1 N–H and O–H groups in total. The quantitative estimate of drug-likeness (QED) is 0.427. The summed E-state index contributed by atoms with van der Waals surface area (Å²) >= 11 is 6.48. The Morgan fingerprint density at radius 1 is 1.12 bits per heavy atom. The zero-order valence-electron chi connectivity index (χ0n) is 18.2. The van der Waals surface area contributed by atoms with Crippen molar-refractivity contribution in [3.05, 3.63) is 82.5 Å². The maximum Gasteiger partial charge on any atom is 0.256 e. The van der Waals surface area contributed by atoms with Crippen molar-refractivity contribution < 1.29 is 4.79 Å². The third kappa shape index (κ3) is 3.56. The summed E-state index contributed by atoms with van der Waals surface area (Å²) in [6.45, 7) is 5.51. The van der Waals surface area contributed by atoms with Gasteiger partial charge >= 0.3 is 0 Å². The highest BCUT2D eigenvalue weighted by molar-refractivity contribution is 6.33. The van der Waals surface area contributed by atoms with Crippen molar-refractivity contribution in [2.24, 2.45) is 0 Å². The first-order valence-electron chi connectivity index (χ1n) is 11.0. The fourth-order valence-corrected chi connectivity index (χ4v) is 5.01. The van der Waals surface area contributed by atoms with Crippen molar-refractivity contribution in [3.8, 4) is 11.1 Å². The van der Waals surface area contributed by atoms with E-state index in [-0.39, 0.29) is 11.8 Å². The molecular formula is C26H25ClN4O. The molecule has 1 aliphatic rings. The molecule has 4 aromatic rings. The van der Waals surface area contributed by atoms with E-state index < -0.39 is 0 Å². The average molecular weight is 445 g/mol. The minimum atomic E-state index is 0.0647. The van der Waals surface area contributed by atoms with Crippen LogP contribution in [0.3, 0.4) is 0 Å². The Hall–Kier alpha value is -3.18. The number of nitrogens with one attached hydrogen (secondary N) is 1. The number of carbonyl (C=O) groups excluding carboxylic acids is 1. The molecule has 32 heavy (non-hydrogen) atoms. The van der Waals surface area contributed by atoms with E-state index >= 15 is 0 Å². The lowest BCUT2D eigenvalue weighted by Gasteiger charge is -2.33. The van der Waals surface area contributed by atoms with Crippen LogP contribution < -0.4 is 0 Å². The van der Waals surface area contributed by atoms with Crippen LogP contribution >= 0.6 is 11.6 Å². The third-order valence-electron chi connectivity index (χ3n) is 6.58. The number of benzene rings is 2. The number of rotatable bonds is 3. The van der Waals surface area contributed by atoms with Gasteiger partial charge < -0.3 is 9.88 Å². The van der Waals surface area contributed by atoms with E-state index in [1.807, 2.05) is 54.4 Å². The number of nitrogens with zero attached hydrogens (tertiary/aromatic N) is 3. The van der Waals surface area contributed by atoms with E-state index in [0.29, 0.717) is 11.6 Å². The molecule has 1 amide bonds. The summed E-state index contributed by atoms with van der Waals surface area (Å²) in [5.41, 5.74) is 6.77. The Kier molecular flexibility index (Phi) is 5.43. The molecule has 6 heteroatoms. The summed E-state index contributed by atoms with van der Waals surface area (Å²) in [4.78, 5) is 27.8. The molecule has 1 aliphatic heterocycles. The lowest BCUT2D eigenvalue weighted by molar-refractivity contribution is 0.0708. The van der Waals surface area contributed by atoms with Gasteiger partial charge in [0.1, 0.15) is 6.33 Å². The van der Waals surface area contributed by atoms with Gasteiger partial charge in [-0.25, -0.2) is 9.97 Å². The molecule has 0 radical (unpaired) electrons. The number of aromatic nitrogens is 3. The van der Waals surface area contributed by atoms with E-state index in [2.05, 4.69) is 27.9 Å². The van der Waals surface area contributed by atoms with Gasteiger partial charge in [0.2, 0.25) is 0 Å². The molecule has 2 aromatic carbocycles. The number of piperidine rings is 1. The smallest absolute Gasteiger partial charge is 0.256 e. The highest BCUT2D eigenvalue weighted by Crippen LogP contribution is 2.36. The van der Waals surface area contributed by atoms with Crippen molar-refractivity contribution in [2.75, 3.05) is 13.1 Å². The second-order valence-corrected chi connectivity index (χ2v) is 8.90. The van der Waals surface area contributed by atoms with Crippen LogP contribution in [0.1, 0.15) is 46.1 Å². The summed E-state index contributed by atoms with van der Waals surface area (Å²) < 4.78 is 0. The molecular weight excluding hydrogens is 420 g/mol. The predicted octanol–water partition coefficient (Wildman–Crippen LogP) is 5.91. The van der Waals surface area contributed by atoms with Gasteiger partial charge in [-0.2, -0.15) is 0 Å². The summed E-state index contributed by atoms with van der Waals surface area (Å²) in [6, 6.07) is 13.7. The average Bonchev–Trinajstić information content (AvgIpc) is 3.12. The van der Waals surface area contributed by atoms with Crippen LogP contribution in [-0.2, 0) is 0 Å². The van der Waals surface area contributed by atoms with Gasteiger partial charge in [0.05, 0.1) is 16.8 Å². The van der Waals surface area contributed by atoms with Gasteiger partial charge in [-0.3, -0.25) is 4.79 Å². The van der Waals surface area contributed by atoms with Gasteiger partial charge in [0, 0.05) is 52.4 Å². The van der Waals surface area contributed by atoms with E-state index in [4.69, 9.17) is 11.6 Å². The summed E-state index contributed by atoms with van der Waals surface area (Å²) in [6.07, 6.45) is 5.32. The van der Waals surface area contributed by atoms with Gasteiger partial charge in [-0.05, 0) is 44.4 Å². The summed E-state index contributed by atoms with van der Waals surface area (Å²) in [5.74, 6) is 0.197. The molecule has 1 saturated heterocycles. The minimum Gasteiger partial charge on any atom is -0.358 e. The number of H-pyrrole nitrogens is 1. The monoisotopic (exact) mass is 444 g/mol. The lowest BCUT2D eigenvalue weighted by atomic mass is 9.89. The Bertz CT molecular complexity index is 1310. The molecule has 1 unspecified atom stereocenters. The van der Waals surface area contributed by atoms with Crippen LogP contribution in [0.2, 0.25) is 5.02 Å². The molecule has 0 aliphatic carbocycles. The number of amides is 1. The van der Waals surface area contributed by atoms with Crippen LogP contribution in [-0.4, -0.2) is 38.8 Å². The number of para-hydroxylation sites is 1. The molecule has 162 valence electrons. The molecule has 1 atom stereocenters. The number of aryl methyl sites for hydroxylation is 2. The van der Waals surface area contributed by atoms with E-state index in [0.717, 1.165) is 58.4 Å². The number of fused-ring (bicyclic) bond motifs is 1. The van der Waals surface area contributed by atoms with Crippen LogP contribution in [0, 0.1) is 13.8 Å². The number of halogens is 1. The van der Waals surface area contributed by atoms with Crippen molar-refractivity contribution in [1.82, 2.24) is 19.9 Å². The first-order valence-corrected chi connectivity index (χ1v) is 11.3. The normalized spacial score (nSPS) is 16.5. The van der Waals surface area contributed by atoms with E-state index in [1.165, 1.54) is 5.56 Å². The molecule has 3 heterocycles. The number of carbonyl (C=O) groups is 1. The molecule has 0 saturated carbocycles. The standard InChI is InChI=1S/C26H25ClN4O/c1-16-17(2)30-25-19(16)9-5-10-21(25)26(32)31-12-6-7-18(14-31)24-22(13-28-15-29-24)20-8-3-4-11-23(20)27/h3-5,8-11,13,15,18,30H,6-7,12,14H2,1-2H3. The Morgan fingerprint density at radius 2 is 1.97 bits per heavy atom. The van der Waals surface area contributed by atoms with E-state index in [1.54, 1.807) is 6.33 Å². The Morgan fingerprint density at radius 3 is 2.81 bits per heavy atom. The SMILES string of the molecule is Cc1[nH]c2c(C(=O)N3CCCC(c4ncncc4-c4ccccc4Cl)C3)cccc2c1C. The van der Waals surface area contributed by atoms with Gasteiger partial charge in [-0.1, -0.05) is 41.9 Å². The Labute approximate surface area is 192 Å². The van der Waals surface area contributed by atoms with E-state index in [9.17, 15) is 4.79 Å². The number of hydrogen-bond acceptors (Lipinski definition) is 3. The topological polar surface area (TPSA) is 61.9 Å². The molecule has 0 spiro atoms. The number of hydrogen-bond donors (Lipinski definition) is 1. The maximum absolute atomic E-state index is 13.6. The van der Waals surface area contributed by atoms with Crippen LogP contribution in [0.15, 0.2) is 55.0 Å². The minimum absolute atomic E-state index is 0.0647. The summed E-state index contributed by atoms with van der Waals surface area (Å²) in [5, 5.41) is 1.79. The van der Waals surface area contributed by atoms with Crippen LogP contribution in [0.4, 0.5) is 0 Å². The predicted molar refractivity (Wildman–Crippen MR) is 128 cm³/mol. The van der Waals surface area contributed by atoms with Crippen LogP contribution in [0.25, 0.3) is 22.0 Å². The zero-order chi connectivity index (χ0) is 22.2. The maximum atomic E-state index is 13.6. The summed E-state index contributed by atoms with van der Waals surface area (Å²) in [7, 11) is 0. The first kappa shape index (κ1) is 20.7. The largest absolute Gasteiger partial charge is 0.358 e. The van der Waals surface area contributed by atoms with Gasteiger partial charge in [0.25, 0.3) is 5.91 Å². The molecule has 1 fully saturated rings. The fourth-order valence-electron chi connectivity index (χ4n) is 4.77. The first-order chi connectivity index (χ1) is 15.5. The van der Waals surface area contributed by atoms with Crippen molar-refractivity contribution in [3.63, 3.8) is 0 Å². The van der Waals surface area contributed by atoms with Crippen LogP contribution in [0.5, 0.6) is 0 Å². The number of likely N-dealkylation sites (tertiary alicyclic amines) is 1. The number of aromatic amines is 1. The second kappa shape index (κ2) is 8.40. The highest BCUT2D eigenvalue weighted by atomic mass is 35.5. The Balaban J connectivity index is 1.47. The molecule has 5 nitrogen and oxygen atoms in total. The zero-order valence-corrected chi connectivity index (χ0v) is 19.0. The second-order valence-electron chi connectivity index (χ2n) is 8.49. The molecule has 2 aromatic heterocycles. The third-order valence-corrected chi connectivity index (χ3v) is 6.91. The molecule has 0 bridgehead atoms. The van der Waals surface area contributed by atoms with Crippen molar-refractivity contribution >= 4 is 28.4 Å². The fraction of sp³-hybridized carbons (Fsp3) is 0.269. The molecule has 5 rings (SSSR count). The van der Waals surface area contributed by atoms with Gasteiger partial charge in [-0.15, -0.1) is 0 Å². The van der Waals surface area contributed by atoms with Crippen molar-refractivity contribution in [1.29, 1.82) is 0 Å². The highest BCUT2D eigenvalue weighted by Gasteiger charge is 2.29. The van der Waals surface area contributed by atoms with Crippen molar-refractivity contribution in [2.45, 2.75) is 32.6 Å². The lowest BCUT2D eigenvalue weighted by Crippen LogP contribution is -2.39. The van der Waals surface area contributed by atoms with Gasteiger partial charge in [0.15, 0.2) is 0 Å².